The summed E-state index contributed by atoms with van der Waals surface area (Å²) in [5.74, 6) is 0.0127. The van der Waals surface area contributed by atoms with E-state index in [-0.39, 0.29) is 11.1 Å². The van der Waals surface area contributed by atoms with Gasteiger partial charge in [-0.3, -0.25) is 0 Å². The highest BCUT2D eigenvalue weighted by molar-refractivity contribution is 6.31. The second-order valence-electron chi connectivity index (χ2n) is 3.42. The third-order valence-corrected chi connectivity index (χ3v) is 2.44. The number of hydrogen-bond donors (Lipinski definition) is 1. The van der Waals surface area contributed by atoms with Crippen LogP contribution in [0.25, 0.3) is 0 Å². The zero-order valence-electron chi connectivity index (χ0n) is 9.67. The van der Waals surface area contributed by atoms with Crippen molar-refractivity contribution in [3.05, 3.63) is 16.5 Å². The van der Waals surface area contributed by atoms with Crippen LogP contribution in [0.4, 0.5) is 5.82 Å². The molecule has 0 saturated carbocycles. The van der Waals surface area contributed by atoms with Gasteiger partial charge in [0.05, 0.1) is 18.5 Å². The van der Waals surface area contributed by atoms with Crippen molar-refractivity contribution in [2.45, 2.75) is 26.8 Å². The Balaban J connectivity index is 2.89. The van der Waals surface area contributed by atoms with Gasteiger partial charge in [-0.05, 0) is 20.8 Å². The Morgan fingerprint density at radius 2 is 1.94 bits per heavy atom. The monoisotopic (exact) mass is 243 g/mol. The van der Waals surface area contributed by atoms with Crippen LogP contribution in [0.3, 0.4) is 0 Å². The fraction of sp³-hybridized carbons (Fsp3) is 0.500. The number of hydrogen-bond acceptors (Lipinski definition) is 5. The molecule has 1 aromatic heterocycles. The quantitative estimate of drug-likeness (QED) is 0.819. The lowest BCUT2D eigenvalue weighted by atomic mass is 10.3. The first-order valence-electron chi connectivity index (χ1n) is 4.80. The van der Waals surface area contributed by atoms with Crippen molar-refractivity contribution in [1.82, 2.24) is 9.97 Å². The van der Waals surface area contributed by atoms with Crippen molar-refractivity contribution in [2.75, 3.05) is 12.4 Å². The molecule has 0 amide bonds. The number of carbonyl (C=O) groups excluding carboxylic acids is 1. The van der Waals surface area contributed by atoms with Crippen molar-refractivity contribution in [1.29, 1.82) is 0 Å². The van der Waals surface area contributed by atoms with E-state index in [0.717, 1.165) is 11.4 Å². The van der Waals surface area contributed by atoms with Gasteiger partial charge < -0.3 is 10.1 Å². The number of rotatable bonds is 3. The van der Waals surface area contributed by atoms with Crippen LogP contribution in [-0.4, -0.2) is 29.1 Å². The molecule has 88 valence electrons. The number of halogens is 1. The minimum Gasteiger partial charge on any atom is -0.467 e. The third-order valence-electron chi connectivity index (χ3n) is 2.17. The SMILES string of the molecule is COC(=O)C(C)Nc1nc(C)c(C)nc1Cl. The molecular formula is C10H14ClN3O2. The number of ether oxygens (including phenoxy) is 1. The summed E-state index contributed by atoms with van der Waals surface area (Å²) in [6.07, 6.45) is 0. The van der Waals surface area contributed by atoms with Crippen LogP contribution in [0.2, 0.25) is 5.15 Å². The summed E-state index contributed by atoms with van der Waals surface area (Å²) in [6, 6.07) is -0.515. The van der Waals surface area contributed by atoms with Gasteiger partial charge in [0.15, 0.2) is 11.0 Å². The standard InChI is InChI=1S/C10H14ClN3O2/c1-5-6(2)13-9(8(11)12-5)14-7(3)10(15)16-4/h7H,1-4H3,(H,13,14). The highest BCUT2D eigenvalue weighted by Crippen LogP contribution is 2.19. The largest absolute Gasteiger partial charge is 0.467 e. The maximum atomic E-state index is 11.2. The molecular weight excluding hydrogens is 230 g/mol. The number of nitrogens with zero attached hydrogens (tertiary/aromatic N) is 2. The van der Waals surface area contributed by atoms with Gasteiger partial charge in [-0.15, -0.1) is 0 Å². The molecule has 1 heterocycles. The maximum absolute atomic E-state index is 11.2. The van der Waals surface area contributed by atoms with Gasteiger partial charge in [-0.25, -0.2) is 14.8 Å². The van der Waals surface area contributed by atoms with Crippen molar-refractivity contribution in [3.8, 4) is 0 Å². The maximum Gasteiger partial charge on any atom is 0.328 e. The first kappa shape index (κ1) is 12.7. The topological polar surface area (TPSA) is 64.1 Å². The molecule has 0 aliphatic heterocycles. The molecule has 0 aliphatic carbocycles. The van der Waals surface area contributed by atoms with E-state index in [9.17, 15) is 4.79 Å². The number of methoxy groups -OCH3 is 1. The van der Waals surface area contributed by atoms with Gasteiger partial charge in [0.2, 0.25) is 0 Å². The Labute approximate surface area is 99.2 Å². The molecule has 0 aliphatic rings. The summed E-state index contributed by atoms with van der Waals surface area (Å²) < 4.78 is 4.59. The molecule has 1 aromatic rings. The molecule has 16 heavy (non-hydrogen) atoms. The smallest absolute Gasteiger partial charge is 0.328 e. The van der Waals surface area contributed by atoms with E-state index in [1.165, 1.54) is 7.11 Å². The third kappa shape index (κ3) is 2.82. The predicted octanol–water partition coefficient (Wildman–Crippen LogP) is 1.72. The molecule has 1 rings (SSSR count). The van der Waals surface area contributed by atoms with E-state index >= 15 is 0 Å². The normalized spacial score (nSPS) is 12.1. The molecule has 0 aromatic carbocycles. The van der Waals surface area contributed by atoms with Crippen LogP contribution in [0, 0.1) is 13.8 Å². The lowest BCUT2D eigenvalue weighted by molar-refractivity contribution is -0.141. The number of anilines is 1. The Bertz CT molecular complexity index is 409. The molecule has 6 heteroatoms. The Morgan fingerprint density at radius 3 is 2.50 bits per heavy atom. The lowest BCUT2D eigenvalue weighted by Crippen LogP contribution is -2.28. The number of nitrogens with one attached hydrogen (secondary N) is 1. The summed E-state index contributed by atoms with van der Waals surface area (Å²) >= 11 is 5.91. The highest BCUT2D eigenvalue weighted by atomic mass is 35.5. The van der Waals surface area contributed by atoms with E-state index in [4.69, 9.17) is 11.6 Å². The molecule has 5 nitrogen and oxygen atoms in total. The van der Waals surface area contributed by atoms with Gasteiger partial charge in [-0.2, -0.15) is 0 Å². The molecule has 0 fully saturated rings. The average Bonchev–Trinajstić information content (AvgIpc) is 2.24. The highest BCUT2D eigenvalue weighted by Gasteiger charge is 2.16. The second kappa shape index (κ2) is 5.12. The fourth-order valence-electron chi connectivity index (χ4n) is 1.11. The van der Waals surface area contributed by atoms with E-state index in [0.29, 0.717) is 5.82 Å². The van der Waals surface area contributed by atoms with Crippen molar-refractivity contribution in [2.24, 2.45) is 0 Å². The summed E-state index contributed by atoms with van der Waals surface area (Å²) in [4.78, 5) is 19.5. The van der Waals surface area contributed by atoms with Gasteiger partial charge in [0.25, 0.3) is 0 Å². The Kier molecular flexibility index (Phi) is 4.06. The number of esters is 1. The number of carbonyl (C=O) groups is 1. The summed E-state index contributed by atoms with van der Waals surface area (Å²) in [5, 5.41) is 3.10. The van der Waals surface area contributed by atoms with Gasteiger partial charge in [0.1, 0.15) is 6.04 Å². The van der Waals surface area contributed by atoms with Crippen LogP contribution >= 0.6 is 11.6 Å². The molecule has 0 radical (unpaired) electrons. The summed E-state index contributed by atoms with van der Waals surface area (Å²) in [5.41, 5.74) is 1.53. The van der Waals surface area contributed by atoms with E-state index in [2.05, 4.69) is 20.0 Å². The summed E-state index contributed by atoms with van der Waals surface area (Å²) in [7, 11) is 1.33. The van der Waals surface area contributed by atoms with Gasteiger partial charge in [-0.1, -0.05) is 11.6 Å². The van der Waals surface area contributed by atoms with E-state index < -0.39 is 6.04 Å². The van der Waals surface area contributed by atoms with Crippen LogP contribution < -0.4 is 5.32 Å². The number of aryl methyl sites for hydroxylation is 2. The van der Waals surface area contributed by atoms with Crippen molar-refractivity contribution in [3.63, 3.8) is 0 Å². The Morgan fingerprint density at radius 1 is 1.38 bits per heavy atom. The Hall–Kier alpha value is -1.36. The van der Waals surface area contributed by atoms with Crippen molar-refractivity contribution >= 4 is 23.4 Å². The molecule has 0 spiro atoms. The molecule has 1 unspecified atom stereocenters. The lowest BCUT2D eigenvalue weighted by Gasteiger charge is -2.13. The molecule has 0 bridgehead atoms. The predicted molar refractivity (Wildman–Crippen MR) is 61.6 cm³/mol. The zero-order chi connectivity index (χ0) is 12.3. The molecule has 0 saturated heterocycles. The first-order valence-corrected chi connectivity index (χ1v) is 5.18. The first-order chi connectivity index (χ1) is 7.45. The zero-order valence-corrected chi connectivity index (χ0v) is 10.4. The van der Waals surface area contributed by atoms with Crippen molar-refractivity contribution < 1.29 is 9.53 Å². The van der Waals surface area contributed by atoms with E-state index in [1.54, 1.807) is 6.92 Å². The minimum atomic E-state index is -0.515. The van der Waals surface area contributed by atoms with Crippen LogP contribution in [-0.2, 0) is 9.53 Å². The molecule has 1 N–H and O–H groups in total. The number of aromatic nitrogens is 2. The van der Waals surface area contributed by atoms with Gasteiger partial charge >= 0.3 is 5.97 Å². The average molecular weight is 244 g/mol. The fourth-order valence-corrected chi connectivity index (χ4v) is 1.33. The minimum absolute atomic E-state index is 0.249. The van der Waals surface area contributed by atoms with E-state index in [1.807, 2.05) is 13.8 Å². The van der Waals surface area contributed by atoms with Gasteiger partial charge in [0, 0.05) is 0 Å². The summed E-state index contributed by atoms with van der Waals surface area (Å²) in [6.45, 7) is 5.31. The van der Waals surface area contributed by atoms with Crippen LogP contribution in [0.15, 0.2) is 0 Å². The second-order valence-corrected chi connectivity index (χ2v) is 3.78. The van der Waals surface area contributed by atoms with Crippen LogP contribution in [0.5, 0.6) is 0 Å². The van der Waals surface area contributed by atoms with Crippen LogP contribution in [0.1, 0.15) is 18.3 Å². The molecule has 1 atom stereocenters.